The molecule has 2 aliphatic rings. The van der Waals surface area contributed by atoms with E-state index in [4.69, 9.17) is 10.5 Å². The van der Waals surface area contributed by atoms with Gasteiger partial charge in [-0.05, 0) is 45.4 Å². The summed E-state index contributed by atoms with van der Waals surface area (Å²) in [7, 11) is 0. The average Bonchev–Trinajstić information content (AvgIpc) is 2.69. The Hall–Kier alpha value is -0.610. The van der Waals surface area contributed by atoms with Crippen molar-refractivity contribution in [1.29, 1.82) is 0 Å². The molecule has 21 heavy (non-hydrogen) atoms. The largest absolute Gasteiger partial charge is 0.378 e. The Labute approximate surface area is 129 Å². The lowest BCUT2D eigenvalue weighted by Crippen LogP contribution is -2.53. The number of ether oxygens (including phenoxy) is 1. The van der Waals surface area contributed by atoms with Crippen LogP contribution in [0.3, 0.4) is 0 Å². The van der Waals surface area contributed by atoms with Crippen molar-refractivity contribution < 1.29 is 9.53 Å². The number of nitrogens with two attached hydrogens (primary N) is 1. The highest BCUT2D eigenvalue weighted by Crippen LogP contribution is 2.33. The van der Waals surface area contributed by atoms with Crippen molar-refractivity contribution in [3.63, 3.8) is 0 Å². The van der Waals surface area contributed by atoms with Gasteiger partial charge in [0.05, 0.1) is 12.0 Å². The molecule has 1 saturated carbocycles. The first-order chi connectivity index (χ1) is 10.0. The maximum absolute atomic E-state index is 12.8. The van der Waals surface area contributed by atoms with Gasteiger partial charge in [0.25, 0.3) is 0 Å². The maximum atomic E-state index is 12.8. The normalized spacial score (nSPS) is 34.5. The Bertz CT molecular complexity index is 344. The fourth-order valence-corrected chi connectivity index (χ4v) is 3.72. The van der Waals surface area contributed by atoms with Crippen LogP contribution in [0.4, 0.5) is 0 Å². The van der Waals surface area contributed by atoms with Crippen LogP contribution in [0.5, 0.6) is 0 Å². The number of hydrogen-bond acceptors (Lipinski definition) is 3. The molecule has 3 atom stereocenters. The van der Waals surface area contributed by atoms with Crippen LogP contribution in [-0.2, 0) is 9.53 Å². The number of rotatable bonds is 4. The standard InChI is InChI=1S/C17H32N2O2/c1-3-13-21-14-7-6-11-19(12-9-14)16(20)15-8-4-5-10-17(15,2)18/h14-15H,3-13,18H2,1-2H3. The molecule has 1 aliphatic carbocycles. The Morgan fingerprint density at radius 2 is 2.05 bits per heavy atom. The number of nitrogens with zero attached hydrogens (tertiary/aromatic N) is 1. The van der Waals surface area contributed by atoms with Crippen LogP contribution >= 0.6 is 0 Å². The molecule has 0 spiro atoms. The van der Waals surface area contributed by atoms with Crippen LogP contribution in [0.15, 0.2) is 0 Å². The van der Waals surface area contributed by atoms with Gasteiger partial charge in [0.2, 0.25) is 5.91 Å². The Morgan fingerprint density at radius 1 is 1.24 bits per heavy atom. The van der Waals surface area contributed by atoms with E-state index in [1.54, 1.807) is 0 Å². The monoisotopic (exact) mass is 296 g/mol. The van der Waals surface area contributed by atoms with Crippen molar-refractivity contribution in [3.05, 3.63) is 0 Å². The summed E-state index contributed by atoms with van der Waals surface area (Å²) >= 11 is 0. The first-order valence-corrected chi connectivity index (χ1v) is 8.74. The number of carbonyl (C=O) groups is 1. The van der Waals surface area contributed by atoms with Crippen molar-refractivity contribution in [2.24, 2.45) is 11.7 Å². The quantitative estimate of drug-likeness (QED) is 0.868. The lowest BCUT2D eigenvalue weighted by atomic mass is 9.74. The average molecular weight is 296 g/mol. The molecule has 0 bridgehead atoms. The zero-order chi connectivity index (χ0) is 15.3. The first-order valence-electron chi connectivity index (χ1n) is 8.74. The van der Waals surface area contributed by atoms with E-state index in [9.17, 15) is 4.79 Å². The molecule has 1 amide bonds. The molecule has 2 fully saturated rings. The summed E-state index contributed by atoms with van der Waals surface area (Å²) in [4.78, 5) is 14.9. The number of likely N-dealkylation sites (tertiary alicyclic amines) is 1. The van der Waals surface area contributed by atoms with Gasteiger partial charge in [-0.25, -0.2) is 0 Å². The molecule has 0 radical (unpaired) electrons. The molecular formula is C17H32N2O2. The smallest absolute Gasteiger partial charge is 0.227 e. The molecule has 4 heteroatoms. The summed E-state index contributed by atoms with van der Waals surface area (Å²) in [6.07, 6.45) is 8.72. The van der Waals surface area contributed by atoms with E-state index in [1.807, 2.05) is 0 Å². The second-order valence-corrected chi connectivity index (χ2v) is 7.05. The van der Waals surface area contributed by atoms with Crippen molar-refractivity contribution in [3.8, 4) is 0 Å². The van der Waals surface area contributed by atoms with E-state index < -0.39 is 0 Å². The summed E-state index contributed by atoms with van der Waals surface area (Å²) in [5, 5.41) is 0. The predicted octanol–water partition coefficient (Wildman–Crippen LogP) is 2.70. The highest BCUT2D eigenvalue weighted by Gasteiger charge is 2.40. The number of carbonyl (C=O) groups excluding carboxylic acids is 1. The minimum absolute atomic E-state index is 0.0133. The Balaban J connectivity index is 1.90. The molecule has 2 N–H and O–H groups in total. The van der Waals surface area contributed by atoms with Crippen LogP contribution in [0.25, 0.3) is 0 Å². The summed E-state index contributed by atoms with van der Waals surface area (Å²) in [6, 6.07) is 0. The third-order valence-electron chi connectivity index (χ3n) is 5.10. The van der Waals surface area contributed by atoms with Crippen LogP contribution in [0.2, 0.25) is 0 Å². The van der Waals surface area contributed by atoms with Gasteiger partial charge in [-0.3, -0.25) is 4.79 Å². The summed E-state index contributed by atoms with van der Waals surface area (Å²) in [5.41, 5.74) is 6.07. The first kappa shape index (κ1) is 16.8. The molecule has 2 rings (SSSR count). The van der Waals surface area contributed by atoms with E-state index in [-0.39, 0.29) is 17.4 Å². The second-order valence-electron chi connectivity index (χ2n) is 7.05. The van der Waals surface area contributed by atoms with Crippen LogP contribution in [-0.4, -0.2) is 42.1 Å². The lowest BCUT2D eigenvalue weighted by Gasteiger charge is -2.39. The van der Waals surface area contributed by atoms with Gasteiger partial charge in [-0.15, -0.1) is 0 Å². The third kappa shape index (κ3) is 4.43. The highest BCUT2D eigenvalue weighted by molar-refractivity contribution is 5.80. The summed E-state index contributed by atoms with van der Waals surface area (Å²) < 4.78 is 5.86. The molecule has 4 nitrogen and oxygen atoms in total. The van der Waals surface area contributed by atoms with E-state index in [0.29, 0.717) is 6.10 Å². The summed E-state index contributed by atoms with van der Waals surface area (Å²) in [5.74, 6) is 0.301. The minimum atomic E-state index is -0.320. The van der Waals surface area contributed by atoms with E-state index >= 15 is 0 Å². The van der Waals surface area contributed by atoms with Gasteiger partial charge in [-0.2, -0.15) is 0 Å². The van der Waals surface area contributed by atoms with Crippen molar-refractivity contribution >= 4 is 5.91 Å². The maximum Gasteiger partial charge on any atom is 0.227 e. The minimum Gasteiger partial charge on any atom is -0.378 e. The zero-order valence-electron chi connectivity index (χ0n) is 13.8. The molecule has 0 aromatic carbocycles. The molecule has 1 heterocycles. The van der Waals surface area contributed by atoms with Gasteiger partial charge >= 0.3 is 0 Å². The number of hydrogen-bond donors (Lipinski definition) is 1. The highest BCUT2D eigenvalue weighted by atomic mass is 16.5. The van der Waals surface area contributed by atoms with Gasteiger partial charge in [0, 0.05) is 25.2 Å². The number of amides is 1. The molecule has 1 aliphatic heterocycles. The van der Waals surface area contributed by atoms with Crippen LogP contribution in [0, 0.1) is 5.92 Å². The van der Waals surface area contributed by atoms with Gasteiger partial charge < -0.3 is 15.4 Å². The Morgan fingerprint density at radius 3 is 2.76 bits per heavy atom. The zero-order valence-corrected chi connectivity index (χ0v) is 13.8. The molecule has 0 aromatic heterocycles. The topological polar surface area (TPSA) is 55.6 Å². The van der Waals surface area contributed by atoms with Crippen LogP contribution < -0.4 is 5.73 Å². The SMILES string of the molecule is CCCOC1CCCN(C(=O)C2CCCCC2(C)N)CC1. The van der Waals surface area contributed by atoms with E-state index in [0.717, 1.165) is 71.1 Å². The molecule has 0 aromatic rings. The van der Waals surface area contributed by atoms with E-state index in [2.05, 4.69) is 18.7 Å². The van der Waals surface area contributed by atoms with E-state index in [1.165, 1.54) is 0 Å². The van der Waals surface area contributed by atoms with Gasteiger partial charge in [0.15, 0.2) is 0 Å². The molecule has 122 valence electrons. The van der Waals surface area contributed by atoms with Gasteiger partial charge in [-0.1, -0.05) is 19.8 Å². The van der Waals surface area contributed by atoms with Crippen LogP contribution in [0.1, 0.15) is 65.2 Å². The van der Waals surface area contributed by atoms with Crippen molar-refractivity contribution in [2.75, 3.05) is 19.7 Å². The fourth-order valence-electron chi connectivity index (χ4n) is 3.72. The molecular weight excluding hydrogens is 264 g/mol. The fraction of sp³-hybridized carbons (Fsp3) is 0.941. The third-order valence-corrected chi connectivity index (χ3v) is 5.10. The summed E-state index contributed by atoms with van der Waals surface area (Å²) in [6.45, 7) is 6.73. The molecule has 3 unspecified atom stereocenters. The van der Waals surface area contributed by atoms with Gasteiger partial charge in [0.1, 0.15) is 0 Å². The van der Waals surface area contributed by atoms with Crippen molar-refractivity contribution in [2.45, 2.75) is 76.9 Å². The molecule has 1 saturated heterocycles. The van der Waals surface area contributed by atoms with Crippen molar-refractivity contribution in [1.82, 2.24) is 4.90 Å². The predicted molar refractivity (Wildman–Crippen MR) is 85.0 cm³/mol. The second kappa shape index (κ2) is 7.59. The lowest BCUT2D eigenvalue weighted by molar-refractivity contribution is -0.139. The Kier molecular flexibility index (Phi) is 6.06.